The molecule has 1 N–H and O–H groups in total. The van der Waals surface area contributed by atoms with Gasteiger partial charge < -0.3 is 4.90 Å². The van der Waals surface area contributed by atoms with Gasteiger partial charge in [0.2, 0.25) is 5.91 Å². The van der Waals surface area contributed by atoms with Crippen molar-refractivity contribution in [2.24, 2.45) is 0 Å². The summed E-state index contributed by atoms with van der Waals surface area (Å²) < 4.78 is 0. The minimum Gasteiger partial charge on any atom is -0.334 e. The zero-order valence-electron chi connectivity index (χ0n) is 10.3. The van der Waals surface area contributed by atoms with Crippen molar-refractivity contribution in [2.45, 2.75) is 25.4 Å². The largest absolute Gasteiger partial charge is 0.334 e. The predicted octanol–water partition coefficient (Wildman–Crippen LogP) is 0.795. The first-order valence-corrected chi connectivity index (χ1v) is 6.14. The van der Waals surface area contributed by atoms with Crippen LogP contribution in [-0.2, 0) is 11.3 Å². The Bertz CT molecular complexity index is 434. The van der Waals surface area contributed by atoms with E-state index in [-0.39, 0.29) is 5.91 Å². The lowest BCUT2D eigenvalue weighted by Gasteiger charge is -2.22. The fraction of sp³-hybridized carbons (Fsp3) is 0.429. The second-order valence-corrected chi connectivity index (χ2v) is 4.42. The summed E-state index contributed by atoms with van der Waals surface area (Å²) in [5.74, 6) is 2.57. The lowest BCUT2D eigenvalue weighted by molar-refractivity contribution is -0.131. The molecule has 4 nitrogen and oxygen atoms in total. The van der Waals surface area contributed by atoms with Gasteiger partial charge in [0.1, 0.15) is 0 Å². The Balaban J connectivity index is 1.92. The van der Waals surface area contributed by atoms with Gasteiger partial charge in [-0.15, -0.1) is 6.42 Å². The molecule has 0 aromatic carbocycles. The lowest BCUT2D eigenvalue weighted by atomic mass is 10.2. The Kier molecular flexibility index (Phi) is 4.32. The van der Waals surface area contributed by atoms with Crippen LogP contribution in [0.3, 0.4) is 0 Å². The molecule has 94 valence electrons. The molecule has 0 unspecified atom stereocenters. The number of aromatic nitrogens is 1. The van der Waals surface area contributed by atoms with Crippen LogP contribution in [-0.4, -0.2) is 34.9 Å². The van der Waals surface area contributed by atoms with E-state index in [0.29, 0.717) is 25.7 Å². The molecule has 0 spiro atoms. The van der Waals surface area contributed by atoms with Crippen molar-refractivity contribution in [3.63, 3.8) is 0 Å². The minimum atomic E-state index is 0.108. The van der Waals surface area contributed by atoms with E-state index < -0.39 is 0 Å². The maximum Gasteiger partial charge on any atom is 0.237 e. The Morgan fingerprint density at radius 2 is 2.44 bits per heavy atom. The van der Waals surface area contributed by atoms with Gasteiger partial charge in [-0.2, -0.15) is 0 Å². The van der Waals surface area contributed by atoms with E-state index in [1.807, 2.05) is 17.0 Å². The molecular formula is C14H17N3O. The van der Waals surface area contributed by atoms with Crippen LogP contribution in [0.15, 0.2) is 24.5 Å². The molecule has 2 rings (SSSR count). The first kappa shape index (κ1) is 12.6. The fourth-order valence-electron chi connectivity index (χ4n) is 1.84. The number of carbonyl (C=O) groups is 1. The monoisotopic (exact) mass is 243 g/mol. The van der Waals surface area contributed by atoms with E-state index in [0.717, 1.165) is 18.4 Å². The van der Waals surface area contributed by atoms with E-state index in [1.54, 1.807) is 12.4 Å². The van der Waals surface area contributed by atoms with Crippen LogP contribution in [0, 0.1) is 12.3 Å². The van der Waals surface area contributed by atoms with Gasteiger partial charge in [0.25, 0.3) is 0 Å². The average Bonchev–Trinajstić information content (AvgIpc) is 3.21. The van der Waals surface area contributed by atoms with Crippen LogP contribution in [0.25, 0.3) is 0 Å². The van der Waals surface area contributed by atoms with Crippen molar-refractivity contribution in [3.8, 4) is 12.3 Å². The summed E-state index contributed by atoms with van der Waals surface area (Å²) in [6.07, 6.45) is 10.9. The average molecular weight is 243 g/mol. The molecule has 0 radical (unpaired) electrons. The van der Waals surface area contributed by atoms with Crippen molar-refractivity contribution >= 4 is 5.91 Å². The van der Waals surface area contributed by atoms with Gasteiger partial charge in [0.05, 0.1) is 13.1 Å². The van der Waals surface area contributed by atoms with Crippen LogP contribution in [0.2, 0.25) is 0 Å². The molecule has 1 aromatic heterocycles. The van der Waals surface area contributed by atoms with E-state index in [1.165, 1.54) is 0 Å². The number of pyridine rings is 1. The van der Waals surface area contributed by atoms with Gasteiger partial charge in [-0.25, -0.2) is 0 Å². The summed E-state index contributed by atoms with van der Waals surface area (Å²) in [5, 5.41) is 2.94. The first-order chi connectivity index (χ1) is 8.81. The third kappa shape index (κ3) is 3.57. The van der Waals surface area contributed by atoms with Crippen LogP contribution < -0.4 is 5.32 Å². The van der Waals surface area contributed by atoms with Gasteiger partial charge in [-0.05, 0) is 24.5 Å². The van der Waals surface area contributed by atoms with E-state index in [2.05, 4.69) is 16.2 Å². The van der Waals surface area contributed by atoms with Crippen LogP contribution in [0.5, 0.6) is 0 Å². The Hall–Kier alpha value is -1.86. The second-order valence-electron chi connectivity index (χ2n) is 4.42. The zero-order valence-corrected chi connectivity index (χ0v) is 10.3. The van der Waals surface area contributed by atoms with Gasteiger partial charge in [0.15, 0.2) is 0 Å². The van der Waals surface area contributed by atoms with Crippen LogP contribution in [0.1, 0.15) is 18.4 Å². The molecule has 1 saturated carbocycles. The summed E-state index contributed by atoms with van der Waals surface area (Å²) in [4.78, 5) is 18.1. The van der Waals surface area contributed by atoms with E-state index in [4.69, 9.17) is 6.42 Å². The van der Waals surface area contributed by atoms with Gasteiger partial charge in [-0.1, -0.05) is 12.0 Å². The fourth-order valence-corrected chi connectivity index (χ4v) is 1.84. The number of hydrogen-bond acceptors (Lipinski definition) is 3. The molecular weight excluding hydrogens is 226 g/mol. The molecule has 1 fully saturated rings. The smallest absolute Gasteiger partial charge is 0.237 e. The lowest BCUT2D eigenvalue weighted by Crippen LogP contribution is -2.39. The molecule has 0 saturated heterocycles. The predicted molar refractivity (Wildman–Crippen MR) is 69.5 cm³/mol. The maximum absolute atomic E-state index is 12.1. The molecule has 18 heavy (non-hydrogen) atoms. The molecule has 1 aromatic rings. The standard InChI is InChI=1S/C14H17N3O/c1-2-7-15-10-14(18)17(13-5-6-13)11-12-4-3-8-16-9-12/h1,3-4,8-9,13,15H,5-7,10-11H2. The van der Waals surface area contributed by atoms with Gasteiger partial charge in [0, 0.05) is 25.0 Å². The highest BCUT2D eigenvalue weighted by Crippen LogP contribution is 2.28. The summed E-state index contributed by atoms with van der Waals surface area (Å²) >= 11 is 0. The molecule has 4 heteroatoms. The Morgan fingerprint density at radius 3 is 3.06 bits per heavy atom. The Morgan fingerprint density at radius 1 is 1.61 bits per heavy atom. The molecule has 1 aliphatic rings. The first-order valence-electron chi connectivity index (χ1n) is 6.14. The van der Waals surface area contributed by atoms with Crippen molar-refractivity contribution in [3.05, 3.63) is 30.1 Å². The normalized spacial score (nSPS) is 13.9. The quantitative estimate of drug-likeness (QED) is 0.593. The highest BCUT2D eigenvalue weighted by molar-refractivity contribution is 5.79. The number of amides is 1. The van der Waals surface area contributed by atoms with E-state index >= 15 is 0 Å². The van der Waals surface area contributed by atoms with Crippen molar-refractivity contribution in [2.75, 3.05) is 13.1 Å². The van der Waals surface area contributed by atoms with Gasteiger partial charge >= 0.3 is 0 Å². The van der Waals surface area contributed by atoms with Gasteiger partial charge in [-0.3, -0.25) is 15.1 Å². The molecule has 0 atom stereocenters. The zero-order chi connectivity index (χ0) is 12.8. The summed E-state index contributed by atoms with van der Waals surface area (Å²) in [6, 6.07) is 4.27. The third-order valence-electron chi connectivity index (χ3n) is 2.89. The molecule has 1 aliphatic carbocycles. The molecule has 0 bridgehead atoms. The topological polar surface area (TPSA) is 45.2 Å². The second kappa shape index (κ2) is 6.18. The number of hydrogen-bond donors (Lipinski definition) is 1. The summed E-state index contributed by atoms with van der Waals surface area (Å²) in [6.45, 7) is 1.37. The number of carbonyl (C=O) groups excluding carboxylic acids is 1. The molecule has 0 aliphatic heterocycles. The van der Waals surface area contributed by atoms with Crippen molar-refractivity contribution < 1.29 is 4.79 Å². The van der Waals surface area contributed by atoms with Crippen LogP contribution in [0.4, 0.5) is 0 Å². The third-order valence-corrected chi connectivity index (χ3v) is 2.89. The molecule has 1 amide bonds. The number of nitrogens with one attached hydrogen (secondary N) is 1. The van der Waals surface area contributed by atoms with Crippen molar-refractivity contribution in [1.82, 2.24) is 15.2 Å². The number of terminal acetylenes is 1. The number of nitrogens with zero attached hydrogens (tertiary/aromatic N) is 2. The summed E-state index contributed by atoms with van der Waals surface area (Å²) in [7, 11) is 0. The molecule has 1 heterocycles. The summed E-state index contributed by atoms with van der Waals surface area (Å²) in [5.41, 5.74) is 1.06. The van der Waals surface area contributed by atoms with E-state index in [9.17, 15) is 4.79 Å². The van der Waals surface area contributed by atoms with Crippen LogP contribution >= 0.6 is 0 Å². The SMILES string of the molecule is C#CCNCC(=O)N(Cc1cccnc1)C1CC1. The highest BCUT2D eigenvalue weighted by atomic mass is 16.2. The maximum atomic E-state index is 12.1. The highest BCUT2D eigenvalue weighted by Gasteiger charge is 2.32. The minimum absolute atomic E-state index is 0.108. The Labute approximate surface area is 107 Å². The van der Waals surface area contributed by atoms with Crippen molar-refractivity contribution in [1.29, 1.82) is 0 Å². The number of rotatable bonds is 6.